The molecule has 1 aromatic heterocycles. The molecule has 0 fully saturated rings. The molecule has 0 aliphatic rings. The number of oxime groups is 1. The first-order chi connectivity index (χ1) is 9.13. The van der Waals surface area contributed by atoms with Gasteiger partial charge in [-0.1, -0.05) is 5.16 Å². The lowest BCUT2D eigenvalue weighted by Gasteiger charge is -2.06. The standard InChI is InChI=1S/C11H17N5O3/c12-10(17)7-19-4-3-14-6-8-1-2-15-9(5-8)11(13)16-18/h1-2,5,14,18H,3-4,6-7H2,(H2,12,17)(H2,13,16). The second kappa shape index (κ2) is 8.01. The molecule has 8 heteroatoms. The zero-order chi connectivity index (χ0) is 14.1. The maximum atomic E-state index is 10.4. The summed E-state index contributed by atoms with van der Waals surface area (Å²) >= 11 is 0. The molecule has 0 saturated carbocycles. The van der Waals surface area contributed by atoms with E-state index in [0.717, 1.165) is 5.56 Å². The first kappa shape index (κ1) is 14.9. The van der Waals surface area contributed by atoms with Crippen LogP contribution in [0.4, 0.5) is 0 Å². The minimum absolute atomic E-state index is 0.0355. The van der Waals surface area contributed by atoms with Crippen molar-refractivity contribution in [3.05, 3.63) is 29.6 Å². The Kier molecular flexibility index (Phi) is 6.27. The Bertz CT molecular complexity index is 450. The lowest BCUT2D eigenvalue weighted by molar-refractivity contribution is -0.122. The maximum absolute atomic E-state index is 10.4. The third-order valence-electron chi connectivity index (χ3n) is 2.19. The topological polar surface area (TPSA) is 136 Å². The molecule has 0 aliphatic carbocycles. The van der Waals surface area contributed by atoms with E-state index in [-0.39, 0.29) is 12.4 Å². The average molecular weight is 267 g/mol. The molecule has 1 aromatic rings. The molecular formula is C11H17N5O3. The number of ether oxygens (including phenoxy) is 1. The molecular weight excluding hydrogens is 250 g/mol. The van der Waals surface area contributed by atoms with Crippen LogP contribution in [0.1, 0.15) is 11.3 Å². The van der Waals surface area contributed by atoms with E-state index in [1.165, 1.54) is 0 Å². The quantitative estimate of drug-likeness (QED) is 0.153. The molecule has 8 nitrogen and oxygen atoms in total. The number of carbonyl (C=O) groups excluding carboxylic acids is 1. The first-order valence-electron chi connectivity index (χ1n) is 5.63. The number of amides is 1. The summed E-state index contributed by atoms with van der Waals surface area (Å²) < 4.78 is 4.99. The summed E-state index contributed by atoms with van der Waals surface area (Å²) in [6, 6.07) is 3.53. The van der Waals surface area contributed by atoms with Crippen LogP contribution in [0.25, 0.3) is 0 Å². The average Bonchev–Trinajstić information content (AvgIpc) is 2.41. The molecule has 1 rings (SSSR count). The van der Waals surface area contributed by atoms with Gasteiger partial charge in [0.2, 0.25) is 5.91 Å². The Morgan fingerprint density at radius 3 is 3.00 bits per heavy atom. The highest BCUT2D eigenvalue weighted by molar-refractivity contribution is 5.95. The number of hydrogen-bond donors (Lipinski definition) is 4. The van der Waals surface area contributed by atoms with Gasteiger partial charge in [0, 0.05) is 19.3 Å². The number of carbonyl (C=O) groups is 1. The van der Waals surface area contributed by atoms with Crippen molar-refractivity contribution < 1.29 is 14.7 Å². The summed E-state index contributed by atoms with van der Waals surface area (Å²) in [5.74, 6) is -0.524. The van der Waals surface area contributed by atoms with E-state index in [4.69, 9.17) is 21.4 Å². The summed E-state index contributed by atoms with van der Waals surface area (Å²) in [6.45, 7) is 1.47. The molecule has 0 atom stereocenters. The van der Waals surface area contributed by atoms with Gasteiger partial charge >= 0.3 is 0 Å². The van der Waals surface area contributed by atoms with Gasteiger partial charge < -0.3 is 26.7 Å². The van der Waals surface area contributed by atoms with Gasteiger partial charge in [0.15, 0.2) is 5.84 Å². The van der Waals surface area contributed by atoms with Gasteiger partial charge in [-0.2, -0.15) is 0 Å². The van der Waals surface area contributed by atoms with Crippen LogP contribution in [0.15, 0.2) is 23.5 Å². The summed E-state index contributed by atoms with van der Waals surface area (Å²) in [5, 5.41) is 14.5. The lowest BCUT2D eigenvalue weighted by Crippen LogP contribution is -2.24. The molecule has 0 aromatic carbocycles. The molecule has 0 aliphatic heterocycles. The van der Waals surface area contributed by atoms with E-state index < -0.39 is 5.91 Å². The largest absolute Gasteiger partial charge is 0.409 e. The Hall–Kier alpha value is -2.19. The fourth-order valence-corrected chi connectivity index (χ4v) is 1.33. The number of nitrogens with one attached hydrogen (secondary N) is 1. The molecule has 1 heterocycles. The lowest BCUT2D eigenvalue weighted by atomic mass is 10.2. The van der Waals surface area contributed by atoms with Crippen molar-refractivity contribution in [2.24, 2.45) is 16.6 Å². The zero-order valence-corrected chi connectivity index (χ0v) is 10.4. The molecule has 0 radical (unpaired) electrons. The first-order valence-corrected chi connectivity index (χ1v) is 5.63. The van der Waals surface area contributed by atoms with Crippen molar-refractivity contribution in [2.75, 3.05) is 19.8 Å². The van der Waals surface area contributed by atoms with Crippen LogP contribution in [0.2, 0.25) is 0 Å². The number of rotatable bonds is 8. The van der Waals surface area contributed by atoms with Crippen molar-refractivity contribution in [1.82, 2.24) is 10.3 Å². The van der Waals surface area contributed by atoms with Crippen LogP contribution >= 0.6 is 0 Å². The predicted octanol–water partition coefficient (Wildman–Crippen LogP) is -1.23. The van der Waals surface area contributed by atoms with Crippen LogP contribution in [-0.4, -0.2) is 41.7 Å². The highest BCUT2D eigenvalue weighted by atomic mass is 16.5. The molecule has 104 valence electrons. The van der Waals surface area contributed by atoms with E-state index in [1.807, 2.05) is 6.07 Å². The van der Waals surface area contributed by atoms with E-state index in [9.17, 15) is 4.79 Å². The monoisotopic (exact) mass is 267 g/mol. The van der Waals surface area contributed by atoms with E-state index >= 15 is 0 Å². The normalized spacial score (nSPS) is 11.5. The highest BCUT2D eigenvalue weighted by Gasteiger charge is 2.02. The van der Waals surface area contributed by atoms with Crippen molar-refractivity contribution >= 4 is 11.7 Å². The molecule has 0 spiro atoms. The molecule has 19 heavy (non-hydrogen) atoms. The number of amidine groups is 1. The third-order valence-corrected chi connectivity index (χ3v) is 2.19. The Balaban J connectivity index is 2.31. The van der Waals surface area contributed by atoms with Crippen molar-refractivity contribution in [3.63, 3.8) is 0 Å². The molecule has 0 unspecified atom stereocenters. The van der Waals surface area contributed by atoms with Crippen LogP contribution in [-0.2, 0) is 16.1 Å². The third kappa shape index (κ3) is 5.80. The summed E-state index contributed by atoms with van der Waals surface area (Å²) in [5.41, 5.74) is 11.7. The SMILES string of the molecule is NC(=O)COCCNCc1ccnc(/C(N)=N/O)c1. The van der Waals surface area contributed by atoms with Crippen LogP contribution in [0.5, 0.6) is 0 Å². The summed E-state index contributed by atoms with van der Waals surface area (Å²) in [6.07, 6.45) is 1.58. The van der Waals surface area contributed by atoms with E-state index in [0.29, 0.717) is 25.4 Å². The fourth-order valence-electron chi connectivity index (χ4n) is 1.33. The second-order valence-electron chi connectivity index (χ2n) is 3.73. The van der Waals surface area contributed by atoms with Gasteiger partial charge in [0.25, 0.3) is 0 Å². The van der Waals surface area contributed by atoms with Crippen LogP contribution in [0, 0.1) is 0 Å². The second-order valence-corrected chi connectivity index (χ2v) is 3.73. The van der Waals surface area contributed by atoms with Crippen LogP contribution < -0.4 is 16.8 Å². The van der Waals surface area contributed by atoms with Gasteiger partial charge in [-0.25, -0.2) is 0 Å². The predicted molar refractivity (Wildman–Crippen MR) is 68.5 cm³/mol. The smallest absolute Gasteiger partial charge is 0.243 e. The Labute approximate surface area is 110 Å². The maximum Gasteiger partial charge on any atom is 0.243 e. The van der Waals surface area contributed by atoms with Crippen molar-refractivity contribution in [3.8, 4) is 0 Å². The van der Waals surface area contributed by atoms with Gasteiger partial charge in [-0.15, -0.1) is 0 Å². The zero-order valence-electron chi connectivity index (χ0n) is 10.4. The minimum Gasteiger partial charge on any atom is -0.409 e. The number of aromatic nitrogens is 1. The van der Waals surface area contributed by atoms with E-state index in [2.05, 4.69) is 15.5 Å². The highest BCUT2D eigenvalue weighted by Crippen LogP contribution is 2.01. The molecule has 0 saturated heterocycles. The summed E-state index contributed by atoms with van der Waals surface area (Å²) in [7, 11) is 0. The number of nitrogens with zero attached hydrogens (tertiary/aromatic N) is 2. The van der Waals surface area contributed by atoms with Gasteiger partial charge in [-0.05, 0) is 17.7 Å². The van der Waals surface area contributed by atoms with Crippen molar-refractivity contribution in [1.29, 1.82) is 0 Å². The van der Waals surface area contributed by atoms with Gasteiger partial charge in [0.05, 0.1) is 6.61 Å². The fraction of sp³-hybridized carbons (Fsp3) is 0.364. The molecule has 1 amide bonds. The van der Waals surface area contributed by atoms with Crippen molar-refractivity contribution in [2.45, 2.75) is 6.54 Å². The minimum atomic E-state index is -0.488. The molecule has 0 bridgehead atoms. The van der Waals surface area contributed by atoms with Gasteiger partial charge in [0.1, 0.15) is 12.3 Å². The summed E-state index contributed by atoms with van der Waals surface area (Å²) in [4.78, 5) is 14.4. The molecule has 6 N–H and O–H groups in total. The van der Waals surface area contributed by atoms with Crippen LogP contribution in [0.3, 0.4) is 0 Å². The number of pyridine rings is 1. The van der Waals surface area contributed by atoms with Gasteiger partial charge in [-0.3, -0.25) is 9.78 Å². The van der Waals surface area contributed by atoms with E-state index in [1.54, 1.807) is 12.3 Å². The number of hydrogen-bond acceptors (Lipinski definition) is 6. The number of nitrogens with two attached hydrogens (primary N) is 2. The number of primary amides is 1. The Morgan fingerprint density at radius 2 is 2.32 bits per heavy atom. The Morgan fingerprint density at radius 1 is 1.53 bits per heavy atom.